The van der Waals surface area contributed by atoms with Crippen molar-refractivity contribution in [1.82, 2.24) is 0 Å². The molecule has 0 spiro atoms. The van der Waals surface area contributed by atoms with Crippen LogP contribution < -0.4 is 0 Å². The molecule has 0 saturated heterocycles. The van der Waals surface area contributed by atoms with Gasteiger partial charge >= 0.3 is 0 Å². The second-order valence-corrected chi connectivity index (χ2v) is 13.7. The largest absolute Gasteiger partial charge is 0.139 e. The number of hydrogen-bond donors (Lipinski definition) is 0. The highest BCUT2D eigenvalue weighted by molar-refractivity contribution is 7.33. The zero-order chi connectivity index (χ0) is 22.5. The molecule has 0 radical (unpaired) electrons. The minimum Gasteiger partial charge on any atom is -0.139 e. The van der Waals surface area contributed by atoms with E-state index < -0.39 is 0 Å². The maximum absolute atomic E-state index is 2.47. The maximum Gasteiger partial charge on any atom is 0.0478 e. The van der Waals surface area contributed by atoms with Crippen LogP contribution in [0.25, 0.3) is 28.9 Å². The van der Waals surface area contributed by atoms with Crippen LogP contribution in [0.5, 0.6) is 0 Å². The summed E-state index contributed by atoms with van der Waals surface area (Å²) in [5, 5.41) is 0. The Morgan fingerprint density at radius 2 is 0.969 bits per heavy atom. The highest BCUT2D eigenvalue weighted by atomic mass is 32.1. The fourth-order valence-corrected chi connectivity index (χ4v) is 9.26. The van der Waals surface area contributed by atoms with Gasteiger partial charge < -0.3 is 0 Å². The number of hydrogen-bond acceptors (Lipinski definition) is 4. The summed E-state index contributed by atoms with van der Waals surface area (Å²) in [5.41, 5.74) is 3.14. The maximum atomic E-state index is 2.47. The molecule has 4 aromatic rings. The van der Waals surface area contributed by atoms with Crippen molar-refractivity contribution in [3.8, 4) is 19.5 Å². The molecule has 0 bridgehead atoms. The lowest BCUT2D eigenvalue weighted by Gasteiger charge is -2.02. The van der Waals surface area contributed by atoms with Crippen LogP contribution in [0.1, 0.15) is 86.1 Å². The molecule has 0 atom stereocenters. The van der Waals surface area contributed by atoms with Gasteiger partial charge in [-0.2, -0.15) is 0 Å². The van der Waals surface area contributed by atoms with Crippen LogP contribution in [-0.4, -0.2) is 0 Å². The smallest absolute Gasteiger partial charge is 0.0478 e. The first kappa shape index (κ1) is 24.2. The molecule has 4 aromatic heterocycles. The van der Waals surface area contributed by atoms with Gasteiger partial charge in [-0.05, 0) is 74.9 Å². The van der Waals surface area contributed by atoms with E-state index in [2.05, 4.69) is 52.0 Å². The van der Waals surface area contributed by atoms with Crippen molar-refractivity contribution in [3.63, 3.8) is 0 Å². The van der Waals surface area contributed by atoms with E-state index >= 15 is 0 Å². The topological polar surface area (TPSA) is 0 Å². The summed E-state index contributed by atoms with van der Waals surface area (Å²) in [7, 11) is 0. The number of thiophene rings is 4. The fraction of sp³-hybridized carbons (Fsp3) is 0.500. The molecule has 0 unspecified atom stereocenters. The van der Waals surface area contributed by atoms with E-state index in [-0.39, 0.29) is 0 Å². The Balaban J connectivity index is 1.54. The van der Waals surface area contributed by atoms with Gasteiger partial charge in [0.15, 0.2) is 0 Å². The standard InChI is InChI=1S/C28H36S4/c1-5-7-9-11-13-21-15-19(3)29-27(21)25-17-23-24(31-25)18-26(32-23)28-22(16-20(4)30-28)14-12-10-8-6-2/h15-18H,5-14H2,1-4H3. The predicted molar refractivity (Wildman–Crippen MR) is 151 cm³/mol. The molecule has 0 saturated carbocycles. The molecule has 0 N–H and O–H groups in total. The Hall–Kier alpha value is -0.940. The van der Waals surface area contributed by atoms with Crippen LogP contribution in [0.3, 0.4) is 0 Å². The summed E-state index contributed by atoms with van der Waals surface area (Å²) < 4.78 is 2.93. The van der Waals surface area contributed by atoms with Crippen LogP contribution in [-0.2, 0) is 12.8 Å². The molecule has 32 heavy (non-hydrogen) atoms. The minimum atomic E-state index is 1.23. The normalized spacial score (nSPS) is 11.8. The Morgan fingerprint density at radius 1 is 0.531 bits per heavy atom. The Labute approximate surface area is 210 Å². The lowest BCUT2D eigenvalue weighted by Crippen LogP contribution is -1.85. The molecule has 4 heteroatoms. The molecule has 0 aliphatic heterocycles. The monoisotopic (exact) mass is 500 g/mol. The summed E-state index contributed by atoms with van der Waals surface area (Å²) in [6, 6.07) is 9.81. The van der Waals surface area contributed by atoms with Crippen molar-refractivity contribution in [3.05, 3.63) is 45.1 Å². The second-order valence-electron chi connectivity index (χ2n) is 8.99. The van der Waals surface area contributed by atoms with Crippen molar-refractivity contribution in [2.24, 2.45) is 0 Å². The van der Waals surface area contributed by atoms with Gasteiger partial charge in [0.25, 0.3) is 0 Å². The second kappa shape index (κ2) is 11.5. The molecular weight excluding hydrogens is 465 g/mol. The Bertz CT molecular complexity index is 1020. The SMILES string of the molecule is CCCCCCc1cc(C)sc1-c1cc2sc(-c3sc(C)cc3CCCCCC)cc2s1. The molecule has 0 aliphatic carbocycles. The molecule has 4 rings (SSSR count). The summed E-state index contributed by atoms with van der Waals surface area (Å²) in [4.78, 5) is 8.90. The van der Waals surface area contributed by atoms with E-state index in [1.807, 2.05) is 45.3 Å². The third kappa shape index (κ3) is 5.75. The average molecular weight is 501 g/mol. The fourth-order valence-electron chi connectivity index (χ4n) is 4.47. The molecule has 0 aliphatic rings. The summed E-state index contributed by atoms with van der Waals surface area (Å²) in [6.07, 6.45) is 13.1. The lowest BCUT2D eigenvalue weighted by molar-refractivity contribution is 0.668. The van der Waals surface area contributed by atoms with Crippen LogP contribution in [0, 0.1) is 13.8 Å². The third-order valence-electron chi connectivity index (χ3n) is 6.12. The van der Waals surface area contributed by atoms with E-state index in [1.165, 1.54) is 103 Å². The number of fused-ring (bicyclic) bond motifs is 1. The first-order valence-electron chi connectivity index (χ1n) is 12.3. The quantitative estimate of drug-likeness (QED) is 0.170. The van der Waals surface area contributed by atoms with Gasteiger partial charge in [0, 0.05) is 38.7 Å². The van der Waals surface area contributed by atoms with E-state index in [4.69, 9.17) is 0 Å². The summed E-state index contributed by atoms with van der Waals surface area (Å²) >= 11 is 7.97. The minimum absolute atomic E-state index is 1.23. The van der Waals surface area contributed by atoms with Gasteiger partial charge in [-0.15, -0.1) is 45.3 Å². The van der Waals surface area contributed by atoms with Gasteiger partial charge in [0.05, 0.1) is 0 Å². The summed E-state index contributed by atoms with van der Waals surface area (Å²) in [6.45, 7) is 9.11. The van der Waals surface area contributed by atoms with E-state index in [9.17, 15) is 0 Å². The van der Waals surface area contributed by atoms with E-state index in [0.717, 1.165) is 0 Å². The molecule has 0 aromatic carbocycles. The first-order chi connectivity index (χ1) is 15.6. The lowest BCUT2D eigenvalue weighted by atomic mass is 10.1. The molecule has 0 fully saturated rings. The third-order valence-corrected chi connectivity index (χ3v) is 11.0. The van der Waals surface area contributed by atoms with Crippen LogP contribution in [0.2, 0.25) is 0 Å². The highest BCUT2D eigenvalue weighted by Crippen LogP contribution is 2.46. The number of rotatable bonds is 12. The van der Waals surface area contributed by atoms with Gasteiger partial charge in [-0.3, -0.25) is 0 Å². The van der Waals surface area contributed by atoms with Gasteiger partial charge in [-0.1, -0.05) is 52.4 Å². The van der Waals surface area contributed by atoms with Crippen molar-refractivity contribution in [2.75, 3.05) is 0 Å². The highest BCUT2D eigenvalue weighted by Gasteiger charge is 2.17. The molecule has 0 amide bonds. The average Bonchev–Trinajstić information content (AvgIpc) is 3.50. The van der Waals surface area contributed by atoms with E-state index in [1.54, 1.807) is 11.1 Å². The number of aryl methyl sites for hydroxylation is 4. The van der Waals surface area contributed by atoms with Gasteiger partial charge in [0.2, 0.25) is 0 Å². The van der Waals surface area contributed by atoms with Crippen LogP contribution in [0.4, 0.5) is 0 Å². The summed E-state index contributed by atoms with van der Waals surface area (Å²) in [5.74, 6) is 0. The van der Waals surface area contributed by atoms with E-state index in [0.29, 0.717) is 0 Å². The number of unbranched alkanes of at least 4 members (excludes halogenated alkanes) is 6. The zero-order valence-corrected chi connectivity index (χ0v) is 23.3. The van der Waals surface area contributed by atoms with Crippen molar-refractivity contribution in [1.29, 1.82) is 0 Å². The predicted octanol–water partition coefficient (Wildman–Crippen LogP) is 11.3. The van der Waals surface area contributed by atoms with Gasteiger partial charge in [-0.25, -0.2) is 0 Å². The van der Waals surface area contributed by atoms with Crippen molar-refractivity contribution < 1.29 is 0 Å². The molecule has 172 valence electrons. The van der Waals surface area contributed by atoms with Crippen molar-refractivity contribution in [2.45, 2.75) is 91.9 Å². The molecule has 0 nitrogen and oxygen atoms in total. The molecule has 4 heterocycles. The van der Waals surface area contributed by atoms with Gasteiger partial charge in [0.1, 0.15) is 0 Å². The Morgan fingerprint density at radius 3 is 1.38 bits per heavy atom. The Kier molecular flexibility index (Phi) is 8.67. The molecular formula is C28H36S4. The van der Waals surface area contributed by atoms with Crippen LogP contribution in [0.15, 0.2) is 24.3 Å². The first-order valence-corrected chi connectivity index (χ1v) is 15.6. The zero-order valence-electron chi connectivity index (χ0n) is 20.0. The van der Waals surface area contributed by atoms with Crippen molar-refractivity contribution >= 4 is 54.7 Å². The van der Waals surface area contributed by atoms with Crippen LogP contribution >= 0.6 is 45.3 Å².